The molecular formula is C24H35N3O. The molecule has 4 nitrogen and oxygen atoms in total. The van der Waals surface area contributed by atoms with Crippen LogP contribution in [-0.4, -0.2) is 48.2 Å². The maximum absolute atomic E-state index is 13.5. The van der Waals surface area contributed by atoms with Crippen LogP contribution in [0.2, 0.25) is 0 Å². The van der Waals surface area contributed by atoms with E-state index >= 15 is 0 Å². The van der Waals surface area contributed by atoms with Crippen molar-refractivity contribution in [1.82, 2.24) is 10.2 Å². The number of hydrogen-bond acceptors (Lipinski definition) is 3. The van der Waals surface area contributed by atoms with Crippen LogP contribution < -0.4 is 5.32 Å². The summed E-state index contributed by atoms with van der Waals surface area (Å²) in [5.74, 6) is 2.51. The maximum atomic E-state index is 13.5. The molecule has 0 radical (unpaired) electrons. The molecule has 28 heavy (non-hydrogen) atoms. The monoisotopic (exact) mass is 381 g/mol. The first-order chi connectivity index (χ1) is 13.4. The zero-order valence-electron chi connectivity index (χ0n) is 17.8. The molecule has 1 amide bonds. The van der Waals surface area contributed by atoms with Crippen molar-refractivity contribution in [1.29, 1.82) is 0 Å². The lowest BCUT2D eigenvalue weighted by molar-refractivity contribution is -0.131. The van der Waals surface area contributed by atoms with Gasteiger partial charge in [-0.1, -0.05) is 58.0 Å². The lowest BCUT2D eigenvalue weighted by Gasteiger charge is -2.51. The minimum absolute atomic E-state index is 0.162. The summed E-state index contributed by atoms with van der Waals surface area (Å²) in [5, 5.41) is 3.25. The molecular weight excluding hydrogens is 346 g/mol. The summed E-state index contributed by atoms with van der Waals surface area (Å²) in [5.41, 5.74) is 0.789. The summed E-state index contributed by atoms with van der Waals surface area (Å²) >= 11 is 0. The van der Waals surface area contributed by atoms with Gasteiger partial charge in [-0.05, 0) is 42.1 Å². The van der Waals surface area contributed by atoms with Gasteiger partial charge in [-0.25, -0.2) is 0 Å². The topological polar surface area (TPSA) is 44.7 Å². The average Bonchev–Trinajstić information content (AvgIpc) is 2.91. The van der Waals surface area contributed by atoms with Crippen LogP contribution in [0.5, 0.6) is 0 Å². The summed E-state index contributed by atoms with van der Waals surface area (Å²) in [7, 11) is 0. The van der Waals surface area contributed by atoms with Crippen LogP contribution in [0.25, 0.3) is 0 Å². The smallest absolute Gasteiger partial charge is 0.249 e. The van der Waals surface area contributed by atoms with E-state index in [1.165, 1.54) is 5.56 Å². The lowest BCUT2D eigenvalue weighted by atomic mass is 9.59. The number of hydrogen-bond donors (Lipinski definition) is 1. The quantitative estimate of drug-likeness (QED) is 0.787. The second kappa shape index (κ2) is 7.62. The summed E-state index contributed by atoms with van der Waals surface area (Å²) in [4.78, 5) is 21.1. The van der Waals surface area contributed by atoms with E-state index in [1.807, 2.05) is 0 Å². The Morgan fingerprint density at radius 1 is 1.21 bits per heavy atom. The number of amides is 1. The second-order valence-corrected chi connectivity index (χ2v) is 9.95. The molecule has 4 bridgehead atoms. The van der Waals surface area contributed by atoms with Crippen molar-refractivity contribution in [3.8, 4) is 0 Å². The molecule has 5 atom stereocenters. The third kappa shape index (κ3) is 3.30. The van der Waals surface area contributed by atoms with Gasteiger partial charge in [0.15, 0.2) is 5.54 Å². The van der Waals surface area contributed by atoms with Crippen LogP contribution in [0.15, 0.2) is 35.3 Å². The Labute approximate surface area is 169 Å². The summed E-state index contributed by atoms with van der Waals surface area (Å²) < 4.78 is 0. The van der Waals surface area contributed by atoms with E-state index in [2.05, 4.69) is 74.5 Å². The molecule has 3 heterocycles. The minimum Gasteiger partial charge on any atom is -0.354 e. The highest BCUT2D eigenvalue weighted by Crippen LogP contribution is 2.54. The van der Waals surface area contributed by atoms with Gasteiger partial charge in [0.25, 0.3) is 0 Å². The van der Waals surface area contributed by atoms with Gasteiger partial charge in [-0.3, -0.25) is 14.7 Å². The Bertz CT molecular complexity index is 729. The van der Waals surface area contributed by atoms with Crippen molar-refractivity contribution in [2.75, 3.05) is 19.6 Å². The van der Waals surface area contributed by atoms with Crippen molar-refractivity contribution < 1.29 is 4.79 Å². The number of carbonyl (C=O) groups is 1. The van der Waals surface area contributed by atoms with Crippen molar-refractivity contribution in [3.05, 3.63) is 35.9 Å². The number of nitrogens with one attached hydrogen (secondary N) is 1. The minimum atomic E-state index is -0.585. The number of carbonyl (C=O) groups excluding carboxylic acids is 1. The molecule has 1 aliphatic carbocycles. The van der Waals surface area contributed by atoms with Crippen LogP contribution in [0.4, 0.5) is 0 Å². The summed E-state index contributed by atoms with van der Waals surface area (Å²) in [6.45, 7) is 11.6. The molecule has 0 unspecified atom stereocenters. The lowest BCUT2D eigenvalue weighted by Crippen LogP contribution is -2.66. The van der Waals surface area contributed by atoms with Gasteiger partial charge in [-0.2, -0.15) is 0 Å². The second-order valence-electron chi connectivity index (χ2n) is 9.95. The number of rotatable bonds is 7. The highest BCUT2D eigenvalue weighted by atomic mass is 16.2. The summed E-state index contributed by atoms with van der Waals surface area (Å²) in [6, 6.07) is 11.0. The normalized spacial score (nSPS) is 33.8. The Balaban J connectivity index is 1.68. The standard InChI is InChI=1S/C24H35N3O/c1-16(2)12-25-23(28)24-20-11-19(13-26-24)21(10-18-8-6-5-7-9-18)22(24)27(15-20)14-17(3)4/h5-9,13,16-17,19-22H,10-12,14-15H2,1-4H3,(H,25,28)/t19-,20-,21+,22-,24-/m0/s1. The van der Waals surface area contributed by atoms with E-state index < -0.39 is 5.54 Å². The Morgan fingerprint density at radius 3 is 2.64 bits per heavy atom. The molecule has 152 valence electrons. The number of aliphatic imine (C=N–C) groups is 1. The first-order valence-electron chi connectivity index (χ1n) is 11.0. The molecule has 1 aromatic rings. The van der Waals surface area contributed by atoms with Crippen molar-refractivity contribution >= 4 is 12.1 Å². The Morgan fingerprint density at radius 2 is 1.96 bits per heavy atom. The number of nitrogens with zero attached hydrogens (tertiary/aromatic N) is 2. The van der Waals surface area contributed by atoms with Gasteiger partial charge in [0.2, 0.25) is 5.91 Å². The molecule has 5 rings (SSSR count). The molecule has 4 heteroatoms. The molecule has 3 aliphatic heterocycles. The highest BCUT2D eigenvalue weighted by molar-refractivity contribution is 5.92. The summed E-state index contributed by atoms with van der Waals surface area (Å²) in [6.07, 6.45) is 4.26. The fraction of sp³-hybridized carbons (Fsp3) is 0.667. The van der Waals surface area contributed by atoms with Gasteiger partial charge in [0.05, 0.1) is 0 Å². The van der Waals surface area contributed by atoms with E-state index in [1.54, 1.807) is 0 Å². The van der Waals surface area contributed by atoms with Crippen LogP contribution in [0.3, 0.4) is 0 Å². The van der Waals surface area contributed by atoms with Gasteiger partial charge in [0, 0.05) is 37.8 Å². The van der Waals surface area contributed by atoms with E-state index in [9.17, 15) is 4.79 Å². The van der Waals surface area contributed by atoms with Crippen molar-refractivity contribution in [3.63, 3.8) is 0 Å². The molecule has 1 aromatic carbocycles. The highest BCUT2D eigenvalue weighted by Gasteiger charge is 2.67. The fourth-order valence-corrected chi connectivity index (χ4v) is 5.84. The SMILES string of the molecule is CC(C)CNC(=O)[C@]12N=C[C@@H]3C[C@H]1CN(CC(C)C)[C@H]2[C@@H]3Cc1ccccc1. The molecule has 0 aromatic heterocycles. The predicted octanol–water partition coefficient (Wildman–Crippen LogP) is 3.42. The largest absolute Gasteiger partial charge is 0.354 e. The third-order valence-electron chi connectivity index (χ3n) is 6.86. The first-order valence-corrected chi connectivity index (χ1v) is 11.0. The molecule has 1 N–H and O–H groups in total. The van der Waals surface area contributed by atoms with Crippen LogP contribution in [-0.2, 0) is 11.2 Å². The van der Waals surface area contributed by atoms with Gasteiger partial charge >= 0.3 is 0 Å². The zero-order chi connectivity index (χ0) is 19.9. The van der Waals surface area contributed by atoms with Crippen LogP contribution in [0, 0.1) is 29.6 Å². The van der Waals surface area contributed by atoms with Gasteiger partial charge < -0.3 is 5.32 Å². The van der Waals surface area contributed by atoms with Gasteiger partial charge in [-0.15, -0.1) is 0 Å². The van der Waals surface area contributed by atoms with Crippen LogP contribution in [0.1, 0.15) is 39.7 Å². The van der Waals surface area contributed by atoms with Crippen molar-refractivity contribution in [2.45, 2.75) is 52.1 Å². The molecule has 1 saturated heterocycles. The van der Waals surface area contributed by atoms with Crippen LogP contribution >= 0.6 is 0 Å². The van der Waals surface area contributed by atoms with E-state index in [4.69, 9.17) is 4.99 Å². The molecule has 1 saturated carbocycles. The van der Waals surface area contributed by atoms with E-state index in [0.717, 1.165) is 32.5 Å². The molecule has 0 spiro atoms. The first kappa shape index (κ1) is 19.6. The fourth-order valence-electron chi connectivity index (χ4n) is 5.84. The molecule has 2 fully saturated rings. The molecule has 4 aliphatic rings. The van der Waals surface area contributed by atoms with E-state index in [-0.39, 0.29) is 11.9 Å². The van der Waals surface area contributed by atoms with E-state index in [0.29, 0.717) is 29.6 Å². The van der Waals surface area contributed by atoms with Crippen molar-refractivity contribution in [2.24, 2.45) is 34.6 Å². The average molecular weight is 382 g/mol. The maximum Gasteiger partial charge on any atom is 0.249 e. The third-order valence-corrected chi connectivity index (χ3v) is 6.86. The Kier molecular flexibility index (Phi) is 5.34. The predicted molar refractivity (Wildman–Crippen MR) is 115 cm³/mol. The Hall–Kier alpha value is -1.68. The van der Waals surface area contributed by atoms with Gasteiger partial charge in [0.1, 0.15) is 0 Å². The zero-order valence-corrected chi connectivity index (χ0v) is 17.8. The number of likely N-dealkylation sites (tertiary alicyclic amines) is 1. The number of benzene rings is 1.